The SMILES string of the molecule is CCNc1nc(NCCN2CCSCC2)c(Cl)cc1Cl. The third kappa shape index (κ3) is 4.58. The molecular formula is C13H20Cl2N4S. The molecular weight excluding hydrogens is 315 g/mol. The Kier molecular flexibility index (Phi) is 6.55. The molecule has 2 heterocycles. The molecule has 112 valence electrons. The van der Waals surface area contributed by atoms with Crippen LogP contribution in [0.15, 0.2) is 6.07 Å². The molecule has 1 aliphatic rings. The van der Waals surface area contributed by atoms with Gasteiger partial charge in [0.25, 0.3) is 0 Å². The molecule has 0 saturated carbocycles. The van der Waals surface area contributed by atoms with E-state index in [1.165, 1.54) is 11.5 Å². The summed E-state index contributed by atoms with van der Waals surface area (Å²) in [5.41, 5.74) is 0. The third-order valence-corrected chi connectivity index (χ3v) is 4.62. The Hall–Kier alpha value is -0.360. The molecule has 1 aromatic rings. The highest BCUT2D eigenvalue weighted by atomic mass is 35.5. The lowest BCUT2D eigenvalue weighted by atomic mass is 10.4. The average Bonchev–Trinajstić information content (AvgIpc) is 2.45. The smallest absolute Gasteiger partial charge is 0.147 e. The fraction of sp³-hybridized carbons (Fsp3) is 0.615. The summed E-state index contributed by atoms with van der Waals surface area (Å²) in [7, 11) is 0. The van der Waals surface area contributed by atoms with Gasteiger partial charge in [0.05, 0.1) is 10.0 Å². The van der Waals surface area contributed by atoms with Crippen molar-refractivity contribution >= 4 is 46.6 Å². The molecule has 2 N–H and O–H groups in total. The first-order valence-corrected chi connectivity index (χ1v) is 8.75. The molecule has 0 bridgehead atoms. The van der Waals surface area contributed by atoms with Crippen molar-refractivity contribution in [2.45, 2.75) is 6.92 Å². The first-order valence-electron chi connectivity index (χ1n) is 6.84. The number of aromatic nitrogens is 1. The zero-order valence-corrected chi connectivity index (χ0v) is 13.9. The molecule has 0 unspecified atom stereocenters. The highest BCUT2D eigenvalue weighted by Crippen LogP contribution is 2.28. The van der Waals surface area contributed by atoms with Gasteiger partial charge in [0.1, 0.15) is 11.6 Å². The van der Waals surface area contributed by atoms with E-state index in [1.807, 2.05) is 18.7 Å². The summed E-state index contributed by atoms with van der Waals surface area (Å²) in [6, 6.07) is 1.73. The minimum atomic E-state index is 0.551. The van der Waals surface area contributed by atoms with Crippen LogP contribution in [0.2, 0.25) is 10.0 Å². The van der Waals surface area contributed by atoms with E-state index in [0.717, 1.165) is 32.7 Å². The van der Waals surface area contributed by atoms with E-state index >= 15 is 0 Å². The number of rotatable bonds is 6. The van der Waals surface area contributed by atoms with Crippen molar-refractivity contribution in [3.05, 3.63) is 16.1 Å². The summed E-state index contributed by atoms with van der Waals surface area (Å²) < 4.78 is 0. The van der Waals surface area contributed by atoms with Crippen LogP contribution in [-0.2, 0) is 0 Å². The van der Waals surface area contributed by atoms with Crippen LogP contribution in [0.25, 0.3) is 0 Å². The van der Waals surface area contributed by atoms with Crippen molar-refractivity contribution < 1.29 is 0 Å². The lowest BCUT2D eigenvalue weighted by molar-refractivity contribution is 0.314. The summed E-state index contributed by atoms with van der Waals surface area (Å²) in [4.78, 5) is 6.89. The van der Waals surface area contributed by atoms with Gasteiger partial charge in [-0.25, -0.2) is 4.98 Å². The van der Waals surface area contributed by atoms with Crippen LogP contribution >= 0.6 is 35.0 Å². The zero-order chi connectivity index (χ0) is 14.4. The molecule has 4 nitrogen and oxygen atoms in total. The molecule has 0 radical (unpaired) electrons. The van der Waals surface area contributed by atoms with Gasteiger partial charge in [-0.3, -0.25) is 4.90 Å². The van der Waals surface area contributed by atoms with E-state index in [-0.39, 0.29) is 0 Å². The highest BCUT2D eigenvalue weighted by Gasteiger charge is 2.11. The summed E-state index contributed by atoms with van der Waals surface area (Å²) in [5, 5.41) is 7.54. The van der Waals surface area contributed by atoms with Gasteiger partial charge in [-0.15, -0.1) is 0 Å². The molecule has 0 aliphatic carbocycles. The van der Waals surface area contributed by atoms with E-state index in [9.17, 15) is 0 Å². The lowest BCUT2D eigenvalue weighted by Crippen LogP contribution is -2.36. The lowest BCUT2D eigenvalue weighted by Gasteiger charge is -2.26. The summed E-state index contributed by atoms with van der Waals surface area (Å²) in [5.74, 6) is 3.82. The first-order chi connectivity index (χ1) is 9.70. The van der Waals surface area contributed by atoms with E-state index < -0.39 is 0 Å². The van der Waals surface area contributed by atoms with Crippen LogP contribution in [0.5, 0.6) is 0 Å². The number of nitrogens with one attached hydrogen (secondary N) is 2. The van der Waals surface area contributed by atoms with E-state index in [2.05, 4.69) is 20.5 Å². The van der Waals surface area contributed by atoms with Crippen LogP contribution in [0.3, 0.4) is 0 Å². The van der Waals surface area contributed by atoms with Crippen molar-refractivity contribution in [3.63, 3.8) is 0 Å². The predicted octanol–water partition coefficient (Wildman–Crippen LogP) is 3.28. The fourth-order valence-electron chi connectivity index (χ4n) is 2.04. The molecule has 0 amide bonds. The number of halogens is 2. The maximum Gasteiger partial charge on any atom is 0.147 e. The second kappa shape index (κ2) is 8.17. The topological polar surface area (TPSA) is 40.2 Å². The number of anilines is 2. The van der Waals surface area contributed by atoms with Crippen LogP contribution in [-0.4, -0.2) is 54.1 Å². The molecule has 20 heavy (non-hydrogen) atoms. The standard InChI is InChI=1S/C13H20Cl2N4S/c1-2-16-12-10(14)9-11(15)13(18-12)17-3-4-19-5-7-20-8-6-19/h9H,2-8H2,1H3,(H2,16,17,18). The van der Waals surface area contributed by atoms with E-state index in [1.54, 1.807) is 6.07 Å². The van der Waals surface area contributed by atoms with Gasteiger partial charge in [-0.05, 0) is 13.0 Å². The van der Waals surface area contributed by atoms with E-state index in [4.69, 9.17) is 23.2 Å². The number of thioether (sulfide) groups is 1. The van der Waals surface area contributed by atoms with Gasteiger partial charge in [0.2, 0.25) is 0 Å². The Morgan fingerprint density at radius 3 is 2.50 bits per heavy atom. The summed E-state index contributed by atoms with van der Waals surface area (Å²) in [6.45, 7) is 6.96. The van der Waals surface area contributed by atoms with Crippen LogP contribution in [0.4, 0.5) is 11.6 Å². The van der Waals surface area contributed by atoms with Gasteiger partial charge < -0.3 is 10.6 Å². The molecule has 1 saturated heterocycles. The van der Waals surface area contributed by atoms with Gasteiger partial charge in [0, 0.05) is 44.2 Å². The quantitative estimate of drug-likeness (QED) is 0.835. The molecule has 7 heteroatoms. The molecule has 0 aromatic carbocycles. The van der Waals surface area contributed by atoms with Gasteiger partial charge in [0.15, 0.2) is 0 Å². The van der Waals surface area contributed by atoms with Crippen LogP contribution < -0.4 is 10.6 Å². The minimum Gasteiger partial charge on any atom is -0.369 e. The monoisotopic (exact) mass is 334 g/mol. The number of nitrogens with zero attached hydrogens (tertiary/aromatic N) is 2. The van der Waals surface area contributed by atoms with Crippen molar-refractivity contribution in [2.24, 2.45) is 0 Å². The van der Waals surface area contributed by atoms with Gasteiger partial charge in [-0.1, -0.05) is 23.2 Å². The average molecular weight is 335 g/mol. The Morgan fingerprint density at radius 1 is 1.20 bits per heavy atom. The number of hydrogen-bond acceptors (Lipinski definition) is 5. The fourth-order valence-corrected chi connectivity index (χ4v) is 3.51. The van der Waals surface area contributed by atoms with E-state index in [0.29, 0.717) is 21.7 Å². The molecule has 1 aliphatic heterocycles. The Labute approximate surface area is 134 Å². The first kappa shape index (κ1) is 16.0. The summed E-state index contributed by atoms with van der Waals surface area (Å²) >= 11 is 14.3. The van der Waals surface area contributed by atoms with Crippen molar-refractivity contribution in [1.82, 2.24) is 9.88 Å². The highest BCUT2D eigenvalue weighted by molar-refractivity contribution is 7.99. The summed E-state index contributed by atoms with van der Waals surface area (Å²) in [6.07, 6.45) is 0. The Bertz CT molecular complexity index is 439. The zero-order valence-electron chi connectivity index (χ0n) is 11.6. The molecule has 1 aromatic heterocycles. The minimum absolute atomic E-state index is 0.551. The van der Waals surface area contributed by atoms with Gasteiger partial charge >= 0.3 is 0 Å². The molecule has 1 fully saturated rings. The van der Waals surface area contributed by atoms with Crippen LogP contribution in [0.1, 0.15) is 6.92 Å². The maximum atomic E-state index is 6.17. The second-order valence-electron chi connectivity index (χ2n) is 4.56. The largest absolute Gasteiger partial charge is 0.369 e. The van der Waals surface area contributed by atoms with Crippen LogP contribution in [0, 0.1) is 0 Å². The molecule has 2 rings (SSSR count). The maximum absolute atomic E-state index is 6.17. The molecule has 0 atom stereocenters. The van der Waals surface area contributed by atoms with Crippen molar-refractivity contribution in [2.75, 3.05) is 54.9 Å². The normalized spacial score (nSPS) is 16.1. The predicted molar refractivity (Wildman–Crippen MR) is 90.7 cm³/mol. The van der Waals surface area contributed by atoms with Crippen molar-refractivity contribution in [3.8, 4) is 0 Å². The number of pyridine rings is 1. The molecule has 0 spiro atoms. The second-order valence-corrected chi connectivity index (χ2v) is 6.60. The Balaban J connectivity index is 1.89. The van der Waals surface area contributed by atoms with Crippen molar-refractivity contribution in [1.29, 1.82) is 0 Å². The van der Waals surface area contributed by atoms with Gasteiger partial charge in [-0.2, -0.15) is 11.8 Å². The third-order valence-electron chi connectivity index (χ3n) is 3.10. The number of hydrogen-bond donors (Lipinski definition) is 2. The Morgan fingerprint density at radius 2 is 1.85 bits per heavy atom.